The highest BCUT2D eigenvalue weighted by atomic mass is 16.5. The quantitative estimate of drug-likeness (QED) is 0.552. The van der Waals surface area contributed by atoms with Gasteiger partial charge in [-0.15, -0.1) is 11.0 Å². The van der Waals surface area contributed by atoms with Crippen LogP contribution in [0.15, 0.2) is 54.7 Å². The zero-order valence-corrected chi connectivity index (χ0v) is 18.1. The Morgan fingerprint density at radius 3 is 2.78 bits per heavy atom. The van der Waals surface area contributed by atoms with Crippen molar-refractivity contribution in [2.75, 3.05) is 6.54 Å². The molecule has 0 saturated carbocycles. The standard InChI is InChI=1S/C25H26N4O3/c1-2-4-22(14-25(30)31)21-7-9-24(10-8-21)32-18-20-6-3-5-19(13-20)16-28-11-12-29-23(17-28)15-26-27-29/h3,5-10,13,15,22H,11-12,14,16-18H2,1H3,(H,30,31)/t22-/m0/s1. The maximum atomic E-state index is 11.1. The molecule has 7 heteroatoms. The molecule has 0 aliphatic carbocycles. The molecule has 2 heterocycles. The van der Waals surface area contributed by atoms with Crippen LogP contribution in [0.25, 0.3) is 0 Å². The molecule has 0 spiro atoms. The predicted molar refractivity (Wildman–Crippen MR) is 120 cm³/mol. The molecular weight excluding hydrogens is 404 g/mol. The Morgan fingerprint density at radius 2 is 2.00 bits per heavy atom. The molecule has 0 radical (unpaired) electrons. The van der Waals surface area contributed by atoms with Gasteiger partial charge in [-0.2, -0.15) is 0 Å². The third-order valence-electron chi connectivity index (χ3n) is 5.49. The van der Waals surface area contributed by atoms with Gasteiger partial charge in [0.05, 0.1) is 30.8 Å². The average Bonchev–Trinajstić information content (AvgIpc) is 3.26. The van der Waals surface area contributed by atoms with E-state index in [1.807, 2.05) is 35.1 Å². The number of fused-ring (bicyclic) bond motifs is 1. The molecule has 7 nitrogen and oxygen atoms in total. The van der Waals surface area contributed by atoms with Crippen LogP contribution in [0.4, 0.5) is 0 Å². The van der Waals surface area contributed by atoms with Gasteiger partial charge < -0.3 is 9.84 Å². The molecule has 32 heavy (non-hydrogen) atoms. The van der Waals surface area contributed by atoms with Crippen molar-refractivity contribution in [1.82, 2.24) is 19.9 Å². The van der Waals surface area contributed by atoms with Gasteiger partial charge in [-0.1, -0.05) is 47.5 Å². The largest absolute Gasteiger partial charge is 0.489 e. The molecule has 1 atom stereocenters. The molecule has 164 valence electrons. The third kappa shape index (κ3) is 5.54. The summed E-state index contributed by atoms with van der Waals surface area (Å²) in [6.07, 6.45) is 1.82. The van der Waals surface area contributed by atoms with Crippen molar-refractivity contribution in [3.63, 3.8) is 0 Å². The molecule has 3 aromatic rings. The molecule has 0 saturated heterocycles. The van der Waals surface area contributed by atoms with Gasteiger partial charge in [0, 0.05) is 19.6 Å². The lowest BCUT2D eigenvalue weighted by Gasteiger charge is -2.27. The van der Waals surface area contributed by atoms with E-state index in [9.17, 15) is 4.79 Å². The van der Waals surface area contributed by atoms with Crippen molar-refractivity contribution in [2.24, 2.45) is 0 Å². The molecule has 2 aromatic carbocycles. The Kier molecular flexibility index (Phi) is 6.83. The summed E-state index contributed by atoms with van der Waals surface area (Å²) >= 11 is 0. The molecule has 1 aliphatic rings. The van der Waals surface area contributed by atoms with Crippen LogP contribution in [-0.2, 0) is 31.0 Å². The number of carbonyl (C=O) groups is 1. The SMILES string of the molecule is CC#C[C@@H](CC(=O)O)c1ccc(OCc2cccc(CN3CCn4nncc4C3)c2)cc1. The first-order valence-electron chi connectivity index (χ1n) is 10.6. The second kappa shape index (κ2) is 10.1. The summed E-state index contributed by atoms with van der Waals surface area (Å²) in [4.78, 5) is 13.5. The number of hydrogen-bond acceptors (Lipinski definition) is 5. The second-order valence-electron chi connectivity index (χ2n) is 7.88. The number of nitrogens with zero attached hydrogens (tertiary/aromatic N) is 4. The minimum Gasteiger partial charge on any atom is -0.489 e. The fraction of sp³-hybridized carbons (Fsp3) is 0.320. The van der Waals surface area contributed by atoms with E-state index in [2.05, 4.69) is 51.3 Å². The van der Waals surface area contributed by atoms with Gasteiger partial charge in [0.15, 0.2) is 0 Å². The van der Waals surface area contributed by atoms with Gasteiger partial charge in [-0.05, 0) is 35.7 Å². The minimum absolute atomic E-state index is 0.0102. The number of benzene rings is 2. The first kappa shape index (κ1) is 21.6. The fourth-order valence-electron chi connectivity index (χ4n) is 3.91. The van der Waals surface area contributed by atoms with Gasteiger partial charge in [-0.25, -0.2) is 4.68 Å². The van der Waals surface area contributed by atoms with Crippen molar-refractivity contribution in [1.29, 1.82) is 0 Å². The van der Waals surface area contributed by atoms with Crippen LogP contribution in [0.1, 0.15) is 41.6 Å². The van der Waals surface area contributed by atoms with Crippen LogP contribution < -0.4 is 4.74 Å². The summed E-state index contributed by atoms with van der Waals surface area (Å²) in [5.74, 6) is 5.36. The maximum absolute atomic E-state index is 11.1. The van der Waals surface area contributed by atoms with E-state index in [1.54, 1.807) is 6.92 Å². The van der Waals surface area contributed by atoms with Gasteiger partial charge in [0.1, 0.15) is 12.4 Å². The Morgan fingerprint density at radius 1 is 1.19 bits per heavy atom. The van der Waals surface area contributed by atoms with E-state index in [4.69, 9.17) is 9.84 Å². The first-order valence-corrected chi connectivity index (χ1v) is 10.6. The summed E-state index contributed by atoms with van der Waals surface area (Å²) < 4.78 is 7.93. The molecule has 4 rings (SSSR count). The smallest absolute Gasteiger partial charge is 0.304 e. The van der Waals surface area contributed by atoms with E-state index in [1.165, 1.54) is 5.56 Å². The number of ether oxygens (including phenoxy) is 1. The lowest BCUT2D eigenvalue weighted by Crippen LogP contribution is -2.33. The van der Waals surface area contributed by atoms with E-state index in [-0.39, 0.29) is 12.3 Å². The summed E-state index contributed by atoms with van der Waals surface area (Å²) in [7, 11) is 0. The molecule has 0 unspecified atom stereocenters. The first-order chi connectivity index (χ1) is 15.6. The topological polar surface area (TPSA) is 80.5 Å². The van der Waals surface area contributed by atoms with Crippen molar-refractivity contribution in [3.05, 3.63) is 77.1 Å². The zero-order chi connectivity index (χ0) is 22.3. The molecular formula is C25H26N4O3. The zero-order valence-electron chi connectivity index (χ0n) is 18.1. The van der Waals surface area contributed by atoms with Crippen LogP contribution in [0.3, 0.4) is 0 Å². The van der Waals surface area contributed by atoms with Crippen molar-refractivity contribution >= 4 is 5.97 Å². The van der Waals surface area contributed by atoms with Crippen molar-refractivity contribution < 1.29 is 14.6 Å². The normalized spacial score (nSPS) is 14.2. The number of carboxylic acid groups (broad SMARTS) is 1. The third-order valence-corrected chi connectivity index (χ3v) is 5.49. The number of rotatable bonds is 8. The van der Waals surface area contributed by atoms with Crippen molar-refractivity contribution in [2.45, 2.75) is 45.5 Å². The summed E-state index contributed by atoms with van der Waals surface area (Å²) in [6, 6.07) is 16.0. The van der Waals surface area contributed by atoms with Gasteiger partial charge in [-0.3, -0.25) is 9.69 Å². The monoisotopic (exact) mass is 430 g/mol. The Bertz CT molecular complexity index is 1130. The molecule has 1 aliphatic heterocycles. The molecule has 0 bridgehead atoms. The molecule has 0 amide bonds. The number of carboxylic acids is 1. The highest BCUT2D eigenvalue weighted by Crippen LogP contribution is 2.23. The van der Waals surface area contributed by atoms with Gasteiger partial charge in [0.2, 0.25) is 0 Å². The average molecular weight is 431 g/mol. The predicted octanol–water partition coefficient (Wildman–Crippen LogP) is 3.45. The van der Waals surface area contributed by atoms with Gasteiger partial charge in [0.25, 0.3) is 0 Å². The summed E-state index contributed by atoms with van der Waals surface area (Å²) in [6.45, 7) is 5.73. The highest BCUT2D eigenvalue weighted by Gasteiger charge is 2.17. The number of hydrogen-bond donors (Lipinski definition) is 1. The fourth-order valence-corrected chi connectivity index (χ4v) is 3.91. The number of aliphatic carboxylic acids is 1. The summed E-state index contributed by atoms with van der Waals surface area (Å²) in [5, 5.41) is 17.2. The molecule has 1 N–H and O–H groups in total. The minimum atomic E-state index is -0.857. The van der Waals surface area contributed by atoms with Crippen LogP contribution in [0.5, 0.6) is 5.75 Å². The van der Waals surface area contributed by atoms with E-state index in [0.29, 0.717) is 6.61 Å². The Labute approximate surface area is 187 Å². The van der Waals surface area contributed by atoms with E-state index < -0.39 is 5.97 Å². The summed E-state index contributed by atoms with van der Waals surface area (Å²) in [5.41, 5.74) is 4.39. The van der Waals surface area contributed by atoms with Crippen molar-refractivity contribution in [3.8, 4) is 17.6 Å². The number of aromatic nitrogens is 3. The van der Waals surface area contributed by atoms with E-state index in [0.717, 1.165) is 48.7 Å². The van der Waals surface area contributed by atoms with Crippen LogP contribution >= 0.6 is 0 Å². The second-order valence-corrected chi connectivity index (χ2v) is 7.88. The van der Waals surface area contributed by atoms with Gasteiger partial charge >= 0.3 is 5.97 Å². The lowest BCUT2D eigenvalue weighted by molar-refractivity contribution is -0.137. The van der Waals surface area contributed by atoms with Crippen LogP contribution in [0.2, 0.25) is 0 Å². The maximum Gasteiger partial charge on any atom is 0.304 e. The molecule has 0 fully saturated rings. The van der Waals surface area contributed by atoms with Crippen LogP contribution in [-0.4, -0.2) is 37.5 Å². The Balaban J connectivity index is 1.34. The van der Waals surface area contributed by atoms with E-state index >= 15 is 0 Å². The highest BCUT2D eigenvalue weighted by molar-refractivity contribution is 5.69. The van der Waals surface area contributed by atoms with Crippen LogP contribution in [0, 0.1) is 11.8 Å². The Hall–Kier alpha value is -3.63. The molecule has 1 aromatic heterocycles. The lowest BCUT2D eigenvalue weighted by atomic mass is 9.96.